The number of carbonyl (C=O) groups is 2. The van der Waals surface area contributed by atoms with E-state index in [0.717, 1.165) is 22.5 Å². The van der Waals surface area contributed by atoms with Crippen molar-refractivity contribution >= 4 is 74.5 Å². The second-order valence-corrected chi connectivity index (χ2v) is 13.2. The Morgan fingerprint density at radius 3 is 2.71 bits per heavy atom. The maximum atomic E-state index is 13.8. The van der Waals surface area contributed by atoms with E-state index in [4.69, 9.17) is 27.9 Å². The zero-order chi connectivity index (χ0) is 31.8. The van der Waals surface area contributed by atoms with Crippen LogP contribution in [0, 0.1) is 13.8 Å². The number of carbonyl (C=O) groups excluding carboxylic acids is 2. The van der Waals surface area contributed by atoms with Gasteiger partial charge >= 0.3 is 5.91 Å². The third kappa shape index (κ3) is 5.84. The molecular weight excluding hydrogens is 653 g/mol. The predicted molar refractivity (Wildman–Crippen MR) is 178 cm³/mol. The number of imidazole rings is 1. The molecule has 1 N–H and O–H groups in total. The number of aliphatic hydroxyl groups excluding tert-OH is 1. The van der Waals surface area contributed by atoms with Gasteiger partial charge in [-0.1, -0.05) is 83.2 Å². The first-order valence-electron chi connectivity index (χ1n) is 13.7. The molecule has 9 nitrogen and oxygen atoms in total. The number of hydrogen-bond donors (Lipinski definition) is 1. The number of ether oxygens (including phenoxy) is 1. The second-order valence-electron chi connectivity index (χ2n) is 10.1. The summed E-state index contributed by atoms with van der Waals surface area (Å²) in [5.74, 6) is -1.09. The highest BCUT2D eigenvalue weighted by atomic mass is 35.5. The summed E-state index contributed by atoms with van der Waals surface area (Å²) < 4.78 is 8.14. The molecule has 5 aromatic rings. The molecule has 1 atom stereocenters. The number of anilines is 1. The molecule has 1 fully saturated rings. The summed E-state index contributed by atoms with van der Waals surface area (Å²) in [7, 11) is 0. The van der Waals surface area contributed by atoms with Crippen molar-refractivity contribution in [3.63, 3.8) is 0 Å². The maximum Gasteiger partial charge on any atom is 0.301 e. The van der Waals surface area contributed by atoms with Crippen molar-refractivity contribution in [1.29, 1.82) is 0 Å². The second kappa shape index (κ2) is 12.7. The normalized spacial score (nSPS) is 16.1. The number of fused-ring (bicyclic) bond motifs is 1. The van der Waals surface area contributed by atoms with E-state index in [-0.39, 0.29) is 28.8 Å². The lowest BCUT2D eigenvalue weighted by molar-refractivity contribution is -0.132. The average molecular weight is 679 g/mol. The van der Waals surface area contributed by atoms with Gasteiger partial charge in [0.1, 0.15) is 23.7 Å². The minimum atomic E-state index is -1.03. The number of thioether (sulfide) groups is 1. The van der Waals surface area contributed by atoms with Crippen LogP contribution in [0.2, 0.25) is 10.0 Å². The number of hydrogen-bond acceptors (Lipinski definition) is 9. The number of nitrogens with zero attached hydrogens (tertiary/aromatic N) is 5. The summed E-state index contributed by atoms with van der Waals surface area (Å²) >= 11 is 14.9. The van der Waals surface area contributed by atoms with Gasteiger partial charge in [0.25, 0.3) is 5.78 Å². The van der Waals surface area contributed by atoms with Crippen molar-refractivity contribution in [2.75, 3.05) is 11.5 Å². The fraction of sp³-hybridized carbons (Fsp3) is 0.156. The highest BCUT2D eigenvalue weighted by Gasteiger charge is 2.49. The Bertz CT molecular complexity index is 2020. The Hall–Kier alpha value is -4.16. The molecule has 1 unspecified atom stereocenters. The van der Waals surface area contributed by atoms with Crippen LogP contribution in [-0.4, -0.2) is 43.0 Å². The highest BCUT2D eigenvalue weighted by molar-refractivity contribution is 8.00. The third-order valence-corrected chi connectivity index (χ3v) is 9.95. The number of aromatic nitrogens is 4. The molecule has 0 bridgehead atoms. The summed E-state index contributed by atoms with van der Waals surface area (Å²) in [6, 6.07) is 15.0. The van der Waals surface area contributed by atoms with Crippen LogP contribution in [0.3, 0.4) is 0 Å². The summed E-state index contributed by atoms with van der Waals surface area (Å²) in [6.45, 7) is 7.66. The lowest BCUT2D eigenvalue weighted by Crippen LogP contribution is -2.29. The van der Waals surface area contributed by atoms with E-state index in [1.54, 1.807) is 49.4 Å². The van der Waals surface area contributed by atoms with Crippen molar-refractivity contribution in [2.45, 2.75) is 30.0 Å². The average Bonchev–Trinajstić information content (AvgIpc) is 3.70. The van der Waals surface area contributed by atoms with Crippen LogP contribution in [0.4, 0.5) is 5.13 Å². The van der Waals surface area contributed by atoms with Gasteiger partial charge in [-0.2, -0.15) is 0 Å². The Kier molecular flexibility index (Phi) is 8.69. The number of Topliss-reactive ketones (excluding diaryl/α,β-unsaturated/α-hetero) is 1. The molecule has 6 rings (SSSR count). The van der Waals surface area contributed by atoms with E-state index < -0.39 is 17.7 Å². The molecule has 0 saturated carbocycles. The topological polar surface area (TPSA) is 110 Å². The van der Waals surface area contributed by atoms with Crippen LogP contribution in [0.25, 0.3) is 11.4 Å². The molecule has 228 valence electrons. The number of pyridine rings is 1. The van der Waals surface area contributed by atoms with E-state index in [0.29, 0.717) is 42.8 Å². The van der Waals surface area contributed by atoms with Crippen molar-refractivity contribution in [2.24, 2.45) is 0 Å². The van der Waals surface area contributed by atoms with Crippen LogP contribution in [0.1, 0.15) is 34.1 Å². The van der Waals surface area contributed by atoms with E-state index in [1.165, 1.54) is 16.7 Å². The number of amides is 1. The molecular formula is C32H25Cl2N5O4S2. The number of rotatable bonds is 9. The number of ketones is 1. The first kappa shape index (κ1) is 30.8. The smallest absolute Gasteiger partial charge is 0.301 e. The molecule has 0 aliphatic carbocycles. The molecule has 1 aliphatic heterocycles. The molecule has 0 radical (unpaired) electrons. The zero-order valence-electron chi connectivity index (χ0n) is 24.0. The minimum Gasteiger partial charge on any atom is -0.505 e. The van der Waals surface area contributed by atoms with Gasteiger partial charge in [-0.3, -0.25) is 14.5 Å². The lowest BCUT2D eigenvalue weighted by Gasteiger charge is -2.22. The summed E-state index contributed by atoms with van der Waals surface area (Å²) in [6.07, 6.45) is 3.44. The van der Waals surface area contributed by atoms with Gasteiger partial charge in [0, 0.05) is 22.0 Å². The standard InChI is InChI=1S/C32H25Cl2N5O4S2/c1-4-13-43-22-9-5-8-19(14-22)26-24(27(40)25-18(3)38-12-6-7-17(2)29(38)35-25)28(41)30(42)39(26)31-36-37-32(45-31)44-16-20-10-11-21(33)15-23(20)34/h4-12,14-15,26,40H,1,13,16H2,2-3H3/b27-24+. The van der Waals surface area contributed by atoms with Gasteiger partial charge < -0.3 is 14.2 Å². The van der Waals surface area contributed by atoms with Crippen molar-refractivity contribution < 1.29 is 19.4 Å². The van der Waals surface area contributed by atoms with Crippen molar-refractivity contribution in [1.82, 2.24) is 19.6 Å². The monoisotopic (exact) mass is 677 g/mol. The Labute approximate surface area is 276 Å². The van der Waals surface area contributed by atoms with Gasteiger partial charge in [0.15, 0.2) is 10.1 Å². The quantitative estimate of drug-likeness (QED) is 0.0424. The predicted octanol–water partition coefficient (Wildman–Crippen LogP) is 7.59. The van der Waals surface area contributed by atoms with Crippen LogP contribution in [0.5, 0.6) is 5.75 Å². The Morgan fingerprint density at radius 1 is 1.13 bits per heavy atom. The van der Waals surface area contributed by atoms with Gasteiger partial charge in [0.2, 0.25) is 5.13 Å². The molecule has 1 aliphatic rings. The molecule has 13 heteroatoms. The molecule has 4 heterocycles. The third-order valence-electron chi connectivity index (χ3n) is 7.26. The molecule has 3 aromatic heterocycles. The first-order chi connectivity index (χ1) is 21.7. The number of benzene rings is 2. The summed E-state index contributed by atoms with van der Waals surface area (Å²) in [4.78, 5) is 33.4. The largest absolute Gasteiger partial charge is 0.505 e. The van der Waals surface area contributed by atoms with E-state index in [2.05, 4.69) is 21.8 Å². The molecule has 45 heavy (non-hydrogen) atoms. The van der Waals surface area contributed by atoms with Crippen LogP contribution in [0.15, 0.2) is 83.4 Å². The van der Waals surface area contributed by atoms with E-state index >= 15 is 0 Å². The zero-order valence-corrected chi connectivity index (χ0v) is 27.2. The van der Waals surface area contributed by atoms with Crippen LogP contribution >= 0.6 is 46.3 Å². The number of halogens is 2. The van der Waals surface area contributed by atoms with Gasteiger partial charge in [-0.15, -0.1) is 10.2 Å². The summed E-state index contributed by atoms with van der Waals surface area (Å²) in [5, 5.41) is 21.6. The fourth-order valence-corrected chi connectivity index (χ4v) is 7.51. The lowest BCUT2D eigenvalue weighted by atomic mass is 9.96. The molecule has 1 saturated heterocycles. The van der Waals surface area contributed by atoms with Gasteiger partial charge in [0.05, 0.1) is 17.3 Å². The SMILES string of the molecule is C=CCOc1cccc(C2/C(=C(\O)c3nc4c(C)cccn4c3C)C(=O)C(=O)N2c2nnc(SCc3ccc(Cl)cc3Cl)s2)c1. The Balaban J connectivity index is 1.44. The fourth-order valence-electron chi connectivity index (χ4n) is 5.09. The molecule has 2 aromatic carbocycles. The molecule has 0 spiro atoms. The van der Waals surface area contributed by atoms with Gasteiger partial charge in [-0.25, -0.2) is 4.98 Å². The van der Waals surface area contributed by atoms with Crippen LogP contribution in [-0.2, 0) is 15.3 Å². The highest BCUT2D eigenvalue weighted by Crippen LogP contribution is 2.45. The Morgan fingerprint density at radius 2 is 1.96 bits per heavy atom. The number of aliphatic hydroxyl groups is 1. The van der Waals surface area contributed by atoms with Crippen LogP contribution < -0.4 is 9.64 Å². The van der Waals surface area contributed by atoms with Crippen molar-refractivity contribution in [3.8, 4) is 5.75 Å². The summed E-state index contributed by atoms with van der Waals surface area (Å²) in [5.41, 5.74) is 3.64. The first-order valence-corrected chi connectivity index (χ1v) is 16.2. The number of aryl methyl sites for hydroxylation is 2. The minimum absolute atomic E-state index is 0.109. The van der Waals surface area contributed by atoms with Crippen molar-refractivity contribution in [3.05, 3.63) is 117 Å². The van der Waals surface area contributed by atoms with E-state index in [1.807, 2.05) is 35.7 Å². The van der Waals surface area contributed by atoms with Gasteiger partial charge in [-0.05, 0) is 60.9 Å². The maximum absolute atomic E-state index is 13.8. The molecule has 1 amide bonds. The van der Waals surface area contributed by atoms with E-state index in [9.17, 15) is 14.7 Å².